The highest BCUT2D eigenvalue weighted by molar-refractivity contribution is 5.96. The van der Waals surface area contributed by atoms with E-state index in [4.69, 9.17) is 4.74 Å². The average Bonchev–Trinajstić information content (AvgIpc) is 2.60. The topological polar surface area (TPSA) is 84.5 Å². The van der Waals surface area contributed by atoms with Crippen LogP contribution in [0, 0.1) is 19.7 Å². The number of aryl methyl sites for hydroxylation is 2. The predicted molar refractivity (Wildman–Crippen MR) is 88.2 cm³/mol. The number of benzene rings is 2. The van der Waals surface area contributed by atoms with Crippen LogP contribution in [-0.4, -0.2) is 24.4 Å². The van der Waals surface area contributed by atoms with Gasteiger partial charge in [0, 0.05) is 0 Å². The predicted octanol–water partition coefficient (Wildman–Crippen LogP) is 2.06. The molecule has 0 atom stereocenters. The molecule has 0 heterocycles. The molecule has 2 N–H and O–H groups in total. The van der Waals surface area contributed by atoms with Crippen LogP contribution >= 0.6 is 0 Å². The van der Waals surface area contributed by atoms with Crippen LogP contribution in [0.25, 0.3) is 0 Å². The molecule has 0 unspecified atom stereocenters. The molecule has 0 aliphatic heterocycles. The summed E-state index contributed by atoms with van der Waals surface area (Å²) in [7, 11) is 0. The molecule has 0 spiro atoms. The highest BCUT2D eigenvalue weighted by atomic mass is 19.1. The molecular formula is C18H17FN2O4. The third-order valence-corrected chi connectivity index (χ3v) is 3.51. The highest BCUT2D eigenvalue weighted by Crippen LogP contribution is 2.10. The molecule has 0 aliphatic rings. The minimum atomic E-state index is -0.813. The second kappa shape index (κ2) is 8.05. The molecule has 2 amide bonds. The van der Waals surface area contributed by atoms with Gasteiger partial charge in [-0.3, -0.25) is 20.4 Å². The van der Waals surface area contributed by atoms with E-state index in [2.05, 4.69) is 5.43 Å². The van der Waals surface area contributed by atoms with Crippen molar-refractivity contribution >= 4 is 17.8 Å². The summed E-state index contributed by atoms with van der Waals surface area (Å²) in [5.74, 6) is -2.93. The van der Waals surface area contributed by atoms with Gasteiger partial charge < -0.3 is 4.74 Å². The molecule has 0 saturated heterocycles. The van der Waals surface area contributed by atoms with E-state index in [1.165, 1.54) is 18.2 Å². The van der Waals surface area contributed by atoms with Gasteiger partial charge in [-0.15, -0.1) is 0 Å². The lowest BCUT2D eigenvalue weighted by Gasteiger charge is -2.09. The smallest absolute Gasteiger partial charge is 0.338 e. The molecule has 2 aromatic carbocycles. The van der Waals surface area contributed by atoms with Crippen LogP contribution in [0.1, 0.15) is 31.8 Å². The van der Waals surface area contributed by atoms with Gasteiger partial charge in [-0.05, 0) is 49.2 Å². The first-order chi connectivity index (χ1) is 11.9. The fraction of sp³-hybridized carbons (Fsp3) is 0.167. The van der Waals surface area contributed by atoms with Gasteiger partial charge in [-0.1, -0.05) is 18.2 Å². The van der Waals surface area contributed by atoms with Crippen LogP contribution in [0.4, 0.5) is 4.39 Å². The van der Waals surface area contributed by atoms with Gasteiger partial charge in [0.05, 0.1) is 11.1 Å². The summed E-state index contributed by atoms with van der Waals surface area (Å²) in [6.07, 6.45) is 0. The Labute approximate surface area is 144 Å². The Morgan fingerprint density at radius 3 is 2.40 bits per heavy atom. The van der Waals surface area contributed by atoms with Crippen molar-refractivity contribution in [2.45, 2.75) is 13.8 Å². The van der Waals surface area contributed by atoms with Crippen molar-refractivity contribution in [3.8, 4) is 0 Å². The molecule has 6 nitrogen and oxygen atoms in total. The largest absolute Gasteiger partial charge is 0.452 e. The summed E-state index contributed by atoms with van der Waals surface area (Å²) in [4.78, 5) is 35.2. The first-order valence-electron chi connectivity index (χ1n) is 7.46. The van der Waals surface area contributed by atoms with Crippen molar-refractivity contribution in [2.24, 2.45) is 0 Å². The van der Waals surface area contributed by atoms with Crippen molar-refractivity contribution < 1.29 is 23.5 Å². The number of hydrazine groups is 1. The summed E-state index contributed by atoms with van der Waals surface area (Å²) in [6, 6.07) is 10.4. The van der Waals surface area contributed by atoms with Gasteiger partial charge in [-0.2, -0.15) is 0 Å². The van der Waals surface area contributed by atoms with Crippen molar-refractivity contribution in [1.82, 2.24) is 10.9 Å². The van der Waals surface area contributed by atoms with Crippen molar-refractivity contribution in [1.29, 1.82) is 0 Å². The van der Waals surface area contributed by atoms with Gasteiger partial charge in [-0.25, -0.2) is 9.18 Å². The molecule has 0 aromatic heterocycles. The van der Waals surface area contributed by atoms with Crippen LogP contribution in [0.2, 0.25) is 0 Å². The number of carbonyl (C=O) groups is 3. The average molecular weight is 344 g/mol. The van der Waals surface area contributed by atoms with E-state index in [0.717, 1.165) is 17.2 Å². The molecule has 2 aromatic rings. The van der Waals surface area contributed by atoms with Crippen molar-refractivity contribution in [3.05, 3.63) is 70.5 Å². The van der Waals surface area contributed by atoms with Crippen molar-refractivity contribution in [3.63, 3.8) is 0 Å². The van der Waals surface area contributed by atoms with Crippen LogP contribution < -0.4 is 10.9 Å². The maximum atomic E-state index is 13.4. The summed E-state index contributed by atoms with van der Waals surface area (Å²) in [6.45, 7) is 3.19. The summed E-state index contributed by atoms with van der Waals surface area (Å²) in [5, 5.41) is 0. The van der Waals surface area contributed by atoms with E-state index in [1.807, 2.05) is 19.3 Å². The molecule has 130 valence electrons. The van der Waals surface area contributed by atoms with Crippen LogP contribution in [0.3, 0.4) is 0 Å². The van der Waals surface area contributed by atoms with Gasteiger partial charge >= 0.3 is 5.97 Å². The fourth-order valence-corrected chi connectivity index (χ4v) is 1.96. The van der Waals surface area contributed by atoms with Gasteiger partial charge in [0.2, 0.25) is 0 Å². The summed E-state index contributed by atoms with van der Waals surface area (Å²) >= 11 is 0. The summed E-state index contributed by atoms with van der Waals surface area (Å²) < 4.78 is 18.3. The quantitative estimate of drug-likeness (QED) is 0.657. The van der Waals surface area contributed by atoms with Gasteiger partial charge in [0.25, 0.3) is 11.8 Å². The van der Waals surface area contributed by atoms with E-state index < -0.39 is 30.2 Å². The van der Waals surface area contributed by atoms with Crippen molar-refractivity contribution in [2.75, 3.05) is 6.61 Å². The van der Waals surface area contributed by atoms with Crippen LogP contribution in [-0.2, 0) is 9.53 Å². The lowest BCUT2D eigenvalue weighted by molar-refractivity contribution is -0.125. The molecule has 7 heteroatoms. The number of rotatable bonds is 4. The zero-order chi connectivity index (χ0) is 18.4. The Balaban J connectivity index is 1.82. The monoisotopic (exact) mass is 344 g/mol. The lowest BCUT2D eigenvalue weighted by atomic mass is 10.1. The van der Waals surface area contributed by atoms with E-state index in [0.29, 0.717) is 5.56 Å². The Hall–Kier alpha value is -3.22. The maximum absolute atomic E-state index is 13.4. The maximum Gasteiger partial charge on any atom is 0.338 e. The molecule has 2 rings (SSSR count). The number of carbonyl (C=O) groups excluding carboxylic acids is 3. The molecular weight excluding hydrogens is 327 g/mol. The van der Waals surface area contributed by atoms with E-state index in [-0.39, 0.29) is 5.56 Å². The third kappa shape index (κ3) is 4.87. The number of hydrogen-bond acceptors (Lipinski definition) is 4. The number of halogens is 1. The zero-order valence-corrected chi connectivity index (χ0v) is 13.8. The Bertz CT molecular complexity index is 820. The van der Waals surface area contributed by atoms with Gasteiger partial charge in [0.1, 0.15) is 5.82 Å². The number of nitrogens with one attached hydrogen (secondary N) is 2. The number of ether oxygens (including phenoxy) is 1. The minimum absolute atomic E-state index is 0.213. The molecule has 0 aliphatic carbocycles. The standard InChI is InChI=1S/C18H17FN2O4/c1-11-7-8-13(9-12(11)2)18(24)25-10-16(22)20-21-17(23)14-5-3-4-6-15(14)19/h3-9H,10H2,1-2H3,(H,20,22)(H,21,23). The van der Waals surface area contributed by atoms with Gasteiger partial charge in [0.15, 0.2) is 6.61 Å². The Kier molecular flexibility index (Phi) is 5.84. The SMILES string of the molecule is Cc1ccc(C(=O)OCC(=O)NNC(=O)c2ccccc2F)cc1C. The molecule has 0 fully saturated rings. The molecule has 0 saturated carbocycles. The van der Waals surface area contributed by atoms with Crippen LogP contribution in [0.15, 0.2) is 42.5 Å². The first kappa shape index (κ1) is 18.1. The number of amides is 2. The Morgan fingerprint density at radius 1 is 1.00 bits per heavy atom. The molecule has 25 heavy (non-hydrogen) atoms. The minimum Gasteiger partial charge on any atom is -0.452 e. The Morgan fingerprint density at radius 2 is 1.72 bits per heavy atom. The zero-order valence-electron chi connectivity index (χ0n) is 13.8. The van der Waals surface area contributed by atoms with Crippen LogP contribution in [0.5, 0.6) is 0 Å². The highest BCUT2D eigenvalue weighted by Gasteiger charge is 2.13. The second-order valence-electron chi connectivity index (χ2n) is 5.36. The molecule has 0 radical (unpaired) electrons. The number of esters is 1. The van der Waals surface area contributed by atoms with E-state index in [9.17, 15) is 18.8 Å². The lowest BCUT2D eigenvalue weighted by Crippen LogP contribution is -2.43. The third-order valence-electron chi connectivity index (χ3n) is 3.51. The number of hydrogen-bond donors (Lipinski definition) is 2. The first-order valence-corrected chi connectivity index (χ1v) is 7.46. The normalized spacial score (nSPS) is 10.0. The van der Waals surface area contributed by atoms with E-state index >= 15 is 0 Å². The summed E-state index contributed by atoms with van der Waals surface area (Å²) in [5.41, 5.74) is 6.17. The fourth-order valence-electron chi connectivity index (χ4n) is 1.96. The van der Waals surface area contributed by atoms with E-state index in [1.54, 1.807) is 18.2 Å². The molecule has 0 bridgehead atoms. The second-order valence-corrected chi connectivity index (χ2v) is 5.36.